The molecule has 0 aliphatic carbocycles. The number of carbonyl (C=O) groups excluding carboxylic acids is 1. The molecule has 0 N–H and O–H groups in total. The third-order valence-electron chi connectivity index (χ3n) is 5.01. The number of carbonyl (C=O) groups is 1. The molecule has 0 spiro atoms. The van der Waals surface area contributed by atoms with E-state index < -0.39 is 11.6 Å². The SMILES string of the molecule is O=C(N1CC(Cc2ccc(F)cc2F)C1)N1N=CCC1c1cccc(F)c1. The van der Waals surface area contributed by atoms with Gasteiger partial charge in [-0.25, -0.2) is 23.0 Å². The second-order valence-electron chi connectivity index (χ2n) is 6.94. The van der Waals surface area contributed by atoms with Gasteiger partial charge in [0.1, 0.15) is 17.5 Å². The van der Waals surface area contributed by atoms with E-state index in [4.69, 9.17) is 0 Å². The molecule has 1 fully saturated rings. The minimum Gasteiger partial charge on any atom is -0.322 e. The molecule has 0 saturated carbocycles. The lowest BCUT2D eigenvalue weighted by Gasteiger charge is -2.41. The van der Waals surface area contributed by atoms with Crippen LogP contribution in [0.2, 0.25) is 0 Å². The predicted molar refractivity (Wildman–Crippen MR) is 94.6 cm³/mol. The summed E-state index contributed by atoms with van der Waals surface area (Å²) in [6, 6.07) is 9.16. The molecule has 4 rings (SSSR count). The Balaban J connectivity index is 1.37. The molecule has 1 saturated heterocycles. The van der Waals surface area contributed by atoms with Gasteiger partial charge in [-0.1, -0.05) is 18.2 Å². The lowest BCUT2D eigenvalue weighted by molar-refractivity contribution is 0.0832. The van der Waals surface area contributed by atoms with E-state index in [1.165, 1.54) is 29.3 Å². The molecule has 4 nitrogen and oxygen atoms in total. The fraction of sp³-hybridized carbons (Fsp3) is 0.300. The molecule has 7 heteroatoms. The topological polar surface area (TPSA) is 35.9 Å². The van der Waals surface area contributed by atoms with Crippen molar-refractivity contribution >= 4 is 12.2 Å². The molecule has 1 atom stereocenters. The van der Waals surface area contributed by atoms with Crippen LogP contribution in [0.25, 0.3) is 0 Å². The van der Waals surface area contributed by atoms with Crippen molar-refractivity contribution in [1.29, 1.82) is 0 Å². The molecule has 2 aliphatic heterocycles. The van der Waals surface area contributed by atoms with Crippen LogP contribution in [0.5, 0.6) is 0 Å². The van der Waals surface area contributed by atoms with Gasteiger partial charge in [0.05, 0.1) is 6.04 Å². The van der Waals surface area contributed by atoms with Crippen molar-refractivity contribution in [3.05, 3.63) is 71.0 Å². The zero-order valence-electron chi connectivity index (χ0n) is 14.5. The number of hydrogen-bond acceptors (Lipinski definition) is 2. The van der Waals surface area contributed by atoms with Gasteiger partial charge in [-0.3, -0.25) is 0 Å². The van der Waals surface area contributed by atoms with E-state index >= 15 is 0 Å². The third-order valence-corrected chi connectivity index (χ3v) is 5.01. The summed E-state index contributed by atoms with van der Waals surface area (Å²) in [5.41, 5.74) is 1.15. The molecule has 0 aromatic heterocycles. The molecule has 2 aliphatic rings. The standard InChI is InChI=1S/C20H18F3N3O/c21-16-3-1-2-15(9-16)19-6-7-24-26(19)20(27)25-11-13(12-25)8-14-4-5-17(22)10-18(14)23/h1-5,7,9-10,13,19H,6,8,11-12H2. The molecule has 0 bridgehead atoms. The first-order valence-corrected chi connectivity index (χ1v) is 8.81. The predicted octanol–water partition coefficient (Wildman–Crippen LogP) is 4.13. The molecular formula is C20H18F3N3O. The minimum absolute atomic E-state index is 0.119. The first-order valence-electron chi connectivity index (χ1n) is 8.81. The van der Waals surface area contributed by atoms with Crippen molar-refractivity contribution in [1.82, 2.24) is 9.91 Å². The van der Waals surface area contributed by atoms with Crippen LogP contribution < -0.4 is 0 Å². The van der Waals surface area contributed by atoms with Crippen molar-refractivity contribution < 1.29 is 18.0 Å². The van der Waals surface area contributed by atoms with Crippen LogP contribution in [0.4, 0.5) is 18.0 Å². The van der Waals surface area contributed by atoms with E-state index in [1.807, 2.05) is 0 Å². The van der Waals surface area contributed by atoms with E-state index in [0.29, 0.717) is 37.1 Å². The average Bonchev–Trinajstić information content (AvgIpc) is 3.08. The van der Waals surface area contributed by atoms with Crippen molar-refractivity contribution in [3.63, 3.8) is 0 Å². The van der Waals surface area contributed by atoms with Crippen molar-refractivity contribution in [2.24, 2.45) is 11.0 Å². The Morgan fingerprint density at radius 2 is 1.85 bits per heavy atom. The lowest BCUT2D eigenvalue weighted by atomic mass is 9.92. The third kappa shape index (κ3) is 3.54. The van der Waals surface area contributed by atoms with E-state index in [9.17, 15) is 18.0 Å². The quantitative estimate of drug-likeness (QED) is 0.797. The van der Waals surface area contributed by atoms with Crippen LogP contribution in [0.1, 0.15) is 23.6 Å². The fourth-order valence-electron chi connectivity index (χ4n) is 3.59. The highest BCUT2D eigenvalue weighted by Gasteiger charge is 2.38. The van der Waals surface area contributed by atoms with Crippen LogP contribution in [0.3, 0.4) is 0 Å². The van der Waals surface area contributed by atoms with Crippen LogP contribution in [0, 0.1) is 23.4 Å². The highest BCUT2D eigenvalue weighted by molar-refractivity contribution is 5.79. The number of halogens is 3. The molecule has 27 heavy (non-hydrogen) atoms. The molecule has 0 radical (unpaired) electrons. The van der Waals surface area contributed by atoms with Crippen molar-refractivity contribution in [2.45, 2.75) is 18.9 Å². The number of nitrogens with zero attached hydrogens (tertiary/aromatic N) is 3. The maximum absolute atomic E-state index is 13.8. The Hall–Kier alpha value is -2.83. The molecule has 1 unspecified atom stereocenters. The van der Waals surface area contributed by atoms with Gasteiger partial charge in [-0.05, 0) is 41.7 Å². The zero-order chi connectivity index (χ0) is 19.0. The van der Waals surface area contributed by atoms with Gasteiger partial charge in [0.2, 0.25) is 0 Å². The number of urea groups is 1. The Bertz CT molecular complexity index is 896. The minimum atomic E-state index is -0.600. The first-order chi connectivity index (χ1) is 13.0. The highest BCUT2D eigenvalue weighted by Crippen LogP contribution is 2.32. The van der Waals surface area contributed by atoms with Crippen molar-refractivity contribution in [2.75, 3.05) is 13.1 Å². The van der Waals surface area contributed by atoms with Gasteiger partial charge in [-0.15, -0.1) is 0 Å². The molecule has 140 valence electrons. The largest absolute Gasteiger partial charge is 0.341 e. The van der Waals surface area contributed by atoms with Gasteiger partial charge >= 0.3 is 6.03 Å². The number of amides is 2. The second kappa shape index (κ2) is 7.06. The van der Waals surface area contributed by atoms with E-state index in [1.54, 1.807) is 23.2 Å². The van der Waals surface area contributed by atoms with Gasteiger partial charge in [-0.2, -0.15) is 5.10 Å². The Kier molecular flexibility index (Phi) is 4.59. The average molecular weight is 373 g/mol. The van der Waals surface area contributed by atoms with Crippen LogP contribution >= 0.6 is 0 Å². The van der Waals surface area contributed by atoms with Crippen LogP contribution in [0.15, 0.2) is 47.6 Å². The van der Waals surface area contributed by atoms with Gasteiger partial charge < -0.3 is 4.90 Å². The maximum Gasteiger partial charge on any atom is 0.341 e. The molecular weight excluding hydrogens is 355 g/mol. The number of benzene rings is 2. The Morgan fingerprint density at radius 3 is 2.59 bits per heavy atom. The summed E-state index contributed by atoms with van der Waals surface area (Å²) < 4.78 is 40.2. The summed E-state index contributed by atoms with van der Waals surface area (Å²) in [5, 5.41) is 5.53. The monoisotopic (exact) mass is 373 g/mol. The summed E-state index contributed by atoms with van der Waals surface area (Å²) in [5.74, 6) is -1.39. The van der Waals surface area contributed by atoms with E-state index in [2.05, 4.69) is 5.10 Å². The van der Waals surface area contributed by atoms with Gasteiger partial charge in [0.15, 0.2) is 0 Å². The number of hydrazone groups is 1. The van der Waals surface area contributed by atoms with Crippen molar-refractivity contribution in [3.8, 4) is 0 Å². The van der Waals surface area contributed by atoms with E-state index in [0.717, 1.165) is 6.07 Å². The van der Waals surface area contributed by atoms with Crippen LogP contribution in [-0.4, -0.2) is 35.2 Å². The smallest absolute Gasteiger partial charge is 0.322 e. The zero-order valence-corrected chi connectivity index (χ0v) is 14.5. The molecule has 2 amide bonds. The number of likely N-dealkylation sites (tertiary alicyclic amines) is 1. The Labute approximate surface area is 154 Å². The summed E-state index contributed by atoms with van der Waals surface area (Å²) >= 11 is 0. The highest BCUT2D eigenvalue weighted by atomic mass is 19.1. The second-order valence-corrected chi connectivity index (χ2v) is 6.94. The van der Waals surface area contributed by atoms with Crippen LogP contribution in [-0.2, 0) is 6.42 Å². The molecule has 2 aromatic carbocycles. The van der Waals surface area contributed by atoms with E-state index in [-0.39, 0.29) is 23.8 Å². The number of hydrogen-bond donors (Lipinski definition) is 0. The fourth-order valence-corrected chi connectivity index (χ4v) is 3.59. The number of rotatable bonds is 3. The summed E-state index contributed by atoms with van der Waals surface area (Å²) in [6.45, 7) is 0.967. The summed E-state index contributed by atoms with van der Waals surface area (Å²) in [7, 11) is 0. The normalized spacial score (nSPS) is 19.4. The lowest BCUT2D eigenvalue weighted by Crippen LogP contribution is -2.54. The summed E-state index contributed by atoms with van der Waals surface area (Å²) in [6.07, 6.45) is 2.64. The summed E-state index contributed by atoms with van der Waals surface area (Å²) in [4.78, 5) is 14.4. The molecule has 2 heterocycles. The van der Waals surface area contributed by atoms with Gasteiger partial charge in [0, 0.05) is 31.8 Å². The maximum atomic E-state index is 13.8. The molecule has 2 aromatic rings. The Morgan fingerprint density at radius 1 is 1.07 bits per heavy atom. The first kappa shape index (κ1) is 17.6. The van der Waals surface area contributed by atoms with Gasteiger partial charge in [0.25, 0.3) is 0 Å².